The van der Waals surface area contributed by atoms with E-state index >= 15 is 0 Å². The molecule has 3 rings (SSSR count). The number of hydrogen-bond donors (Lipinski definition) is 0. The number of aromatic nitrogens is 2. The SMILES string of the molecule is CC(C)(C)OC(=O)c1ccc2c(cnn2C(=O)OC(C)(C)C)c1Cc1ccc(Br)cc1F. The van der Waals surface area contributed by atoms with Gasteiger partial charge in [0.15, 0.2) is 0 Å². The van der Waals surface area contributed by atoms with Gasteiger partial charge in [0.2, 0.25) is 0 Å². The Kier molecular flexibility index (Phi) is 6.47. The van der Waals surface area contributed by atoms with Crippen molar-refractivity contribution in [3.05, 3.63) is 63.5 Å². The highest BCUT2D eigenvalue weighted by Gasteiger charge is 2.26. The summed E-state index contributed by atoms with van der Waals surface area (Å²) in [5.74, 6) is -0.942. The van der Waals surface area contributed by atoms with Crippen molar-refractivity contribution < 1.29 is 23.5 Å². The second-order valence-corrected chi connectivity index (χ2v) is 10.4. The van der Waals surface area contributed by atoms with Gasteiger partial charge < -0.3 is 9.47 Å². The van der Waals surface area contributed by atoms with Crippen molar-refractivity contribution >= 4 is 38.9 Å². The number of halogens is 2. The first-order valence-corrected chi connectivity index (χ1v) is 10.9. The monoisotopic (exact) mass is 504 g/mol. The fourth-order valence-corrected chi connectivity index (χ4v) is 3.51. The number of esters is 1. The number of hydrogen-bond acceptors (Lipinski definition) is 5. The van der Waals surface area contributed by atoms with E-state index in [2.05, 4.69) is 21.0 Å². The fraction of sp³-hybridized carbons (Fsp3) is 0.375. The van der Waals surface area contributed by atoms with Gasteiger partial charge in [0.25, 0.3) is 0 Å². The number of benzene rings is 2. The molecule has 0 N–H and O–H groups in total. The number of ether oxygens (including phenoxy) is 2. The molecule has 3 aromatic rings. The third-order valence-corrected chi connectivity index (χ3v) is 4.93. The van der Waals surface area contributed by atoms with Crippen molar-refractivity contribution in [2.45, 2.75) is 59.2 Å². The minimum atomic E-state index is -0.702. The van der Waals surface area contributed by atoms with Gasteiger partial charge in [0.1, 0.15) is 17.0 Å². The van der Waals surface area contributed by atoms with Crippen LogP contribution in [0.2, 0.25) is 0 Å². The molecule has 170 valence electrons. The molecule has 2 aromatic carbocycles. The van der Waals surface area contributed by atoms with Crippen molar-refractivity contribution in [1.29, 1.82) is 0 Å². The lowest BCUT2D eigenvalue weighted by Crippen LogP contribution is -2.27. The lowest BCUT2D eigenvalue weighted by atomic mass is 9.96. The first-order valence-electron chi connectivity index (χ1n) is 10.2. The lowest BCUT2D eigenvalue weighted by Gasteiger charge is -2.21. The van der Waals surface area contributed by atoms with Crippen LogP contribution in [-0.2, 0) is 15.9 Å². The predicted molar refractivity (Wildman–Crippen MR) is 123 cm³/mol. The Balaban J connectivity index is 2.15. The van der Waals surface area contributed by atoms with Gasteiger partial charge in [-0.2, -0.15) is 9.78 Å². The molecule has 0 aliphatic heterocycles. The first kappa shape index (κ1) is 23.9. The minimum absolute atomic E-state index is 0.116. The molecule has 8 heteroatoms. The van der Waals surface area contributed by atoms with Gasteiger partial charge in [-0.3, -0.25) is 0 Å². The molecule has 0 atom stereocenters. The predicted octanol–water partition coefficient (Wildman–Crippen LogP) is 6.27. The van der Waals surface area contributed by atoms with Gasteiger partial charge in [-0.15, -0.1) is 0 Å². The highest BCUT2D eigenvalue weighted by molar-refractivity contribution is 9.10. The normalized spacial score (nSPS) is 12.1. The minimum Gasteiger partial charge on any atom is -0.456 e. The molecule has 1 heterocycles. The highest BCUT2D eigenvalue weighted by atomic mass is 79.9. The van der Waals surface area contributed by atoms with E-state index in [1.54, 1.807) is 65.8 Å². The second-order valence-electron chi connectivity index (χ2n) is 9.48. The molecule has 0 fully saturated rings. The molecule has 0 spiro atoms. The van der Waals surface area contributed by atoms with Crippen molar-refractivity contribution in [3.63, 3.8) is 0 Å². The largest absolute Gasteiger partial charge is 0.456 e. The van der Waals surface area contributed by atoms with Crippen molar-refractivity contribution in [2.75, 3.05) is 0 Å². The molecule has 1 aromatic heterocycles. The average molecular weight is 505 g/mol. The van der Waals surface area contributed by atoms with E-state index in [9.17, 15) is 14.0 Å². The number of fused-ring (bicyclic) bond motifs is 1. The lowest BCUT2D eigenvalue weighted by molar-refractivity contribution is 0.00684. The zero-order valence-electron chi connectivity index (χ0n) is 19.0. The maximum absolute atomic E-state index is 14.6. The Morgan fingerprint density at radius 1 is 1.03 bits per heavy atom. The van der Waals surface area contributed by atoms with E-state index in [0.717, 1.165) is 4.68 Å². The summed E-state index contributed by atoms with van der Waals surface area (Å²) >= 11 is 3.26. The van der Waals surface area contributed by atoms with Crippen molar-refractivity contribution in [3.8, 4) is 0 Å². The number of carbonyl (C=O) groups is 2. The molecule has 0 bridgehead atoms. The summed E-state index contributed by atoms with van der Waals surface area (Å²) < 4.78 is 27.4. The topological polar surface area (TPSA) is 70.4 Å². The zero-order valence-corrected chi connectivity index (χ0v) is 20.5. The van der Waals surface area contributed by atoms with E-state index in [1.807, 2.05) is 0 Å². The van der Waals surface area contributed by atoms with Crippen LogP contribution in [0.3, 0.4) is 0 Å². The summed E-state index contributed by atoms with van der Waals surface area (Å²) in [6, 6.07) is 7.94. The molecular weight excluding hydrogens is 479 g/mol. The third-order valence-electron chi connectivity index (χ3n) is 4.43. The highest BCUT2D eigenvalue weighted by Crippen LogP contribution is 2.29. The van der Waals surface area contributed by atoms with Gasteiger partial charge in [-0.25, -0.2) is 14.0 Å². The van der Waals surface area contributed by atoms with Crippen LogP contribution in [0.15, 0.2) is 41.0 Å². The molecule has 32 heavy (non-hydrogen) atoms. The Bertz CT molecular complexity index is 1190. The average Bonchev–Trinajstić information content (AvgIpc) is 3.05. The first-order chi connectivity index (χ1) is 14.7. The van der Waals surface area contributed by atoms with Gasteiger partial charge in [0.05, 0.1) is 17.3 Å². The second kappa shape index (κ2) is 8.65. The molecule has 6 nitrogen and oxygen atoms in total. The van der Waals surface area contributed by atoms with E-state index in [0.29, 0.717) is 32.1 Å². The van der Waals surface area contributed by atoms with Gasteiger partial charge in [-0.1, -0.05) is 22.0 Å². The number of carbonyl (C=O) groups excluding carboxylic acids is 2. The van der Waals surface area contributed by atoms with Crippen LogP contribution in [0.5, 0.6) is 0 Å². The summed E-state index contributed by atoms with van der Waals surface area (Å²) in [6.07, 6.45) is 0.961. The Morgan fingerprint density at radius 3 is 2.28 bits per heavy atom. The van der Waals surface area contributed by atoms with E-state index < -0.39 is 29.1 Å². The van der Waals surface area contributed by atoms with Crippen molar-refractivity contribution in [2.24, 2.45) is 0 Å². The van der Waals surface area contributed by atoms with Gasteiger partial charge in [0, 0.05) is 16.3 Å². The molecule has 0 aliphatic rings. The van der Waals surface area contributed by atoms with Crippen LogP contribution in [0.1, 0.15) is 63.0 Å². The van der Waals surface area contributed by atoms with E-state index in [4.69, 9.17) is 9.47 Å². The summed E-state index contributed by atoms with van der Waals surface area (Å²) in [7, 11) is 0. The van der Waals surface area contributed by atoms with Crippen molar-refractivity contribution in [1.82, 2.24) is 9.78 Å². The van der Waals surface area contributed by atoms with E-state index in [-0.39, 0.29) is 6.42 Å². The third kappa shape index (κ3) is 5.54. The van der Waals surface area contributed by atoms with Crippen LogP contribution in [0.4, 0.5) is 9.18 Å². The maximum Gasteiger partial charge on any atom is 0.435 e. The van der Waals surface area contributed by atoms with Gasteiger partial charge in [-0.05, 0) is 76.9 Å². The quantitative estimate of drug-likeness (QED) is 0.393. The van der Waals surface area contributed by atoms with Crippen LogP contribution >= 0.6 is 15.9 Å². The molecule has 0 radical (unpaired) electrons. The van der Waals surface area contributed by atoms with Gasteiger partial charge >= 0.3 is 12.1 Å². The molecule has 0 saturated heterocycles. The van der Waals surface area contributed by atoms with E-state index in [1.165, 1.54) is 12.3 Å². The molecule has 0 saturated carbocycles. The summed E-state index contributed by atoms with van der Waals surface area (Å²) in [5.41, 5.74) is 0.267. The maximum atomic E-state index is 14.6. The standard InChI is InChI=1S/C24H26BrFN2O4/c1-23(2,3)31-21(29)16-9-10-20-18(13-27-28(20)22(30)32-24(4,5)6)17(16)11-14-7-8-15(25)12-19(14)26/h7-10,12-13H,11H2,1-6H3. The number of nitrogens with zero attached hydrogens (tertiary/aromatic N) is 2. The Morgan fingerprint density at radius 2 is 1.69 bits per heavy atom. The molecule has 0 amide bonds. The smallest absolute Gasteiger partial charge is 0.435 e. The fourth-order valence-electron chi connectivity index (χ4n) is 3.18. The molecule has 0 unspecified atom stereocenters. The molecular formula is C24H26BrFN2O4. The van der Waals surface area contributed by atoms with Crippen LogP contribution in [0.25, 0.3) is 10.9 Å². The Hall–Kier alpha value is -2.74. The Labute approximate surface area is 194 Å². The van der Waals surface area contributed by atoms with Crippen LogP contribution < -0.4 is 0 Å². The summed E-state index contributed by atoms with van der Waals surface area (Å²) in [6.45, 7) is 10.6. The number of rotatable bonds is 3. The zero-order chi connectivity index (χ0) is 23.8. The van der Waals surface area contributed by atoms with Crippen LogP contribution in [-0.4, -0.2) is 33.0 Å². The van der Waals surface area contributed by atoms with Crippen LogP contribution in [0, 0.1) is 5.82 Å². The molecule has 0 aliphatic carbocycles. The summed E-state index contributed by atoms with van der Waals surface area (Å²) in [5, 5.41) is 4.73. The summed E-state index contributed by atoms with van der Waals surface area (Å²) in [4.78, 5) is 25.6.